The average molecular weight is 236 g/mol. The lowest BCUT2D eigenvalue weighted by Crippen LogP contribution is -2.41. The zero-order chi connectivity index (χ0) is 11.7. The first kappa shape index (κ1) is 12.0. The lowest BCUT2D eigenvalue weighted by Gasteiger charge is -2.32. The van der Waals surface area contributed by atoms with Gasteiger partial charge < -0.3 is 10.2 Å². The summed E-state index contributed by atoms with van der Waals surface area (Å²) in [7, 11) is 0. The maximum atomic E-state index is 3.93. The Balaban J connectivity index is 1.38. The molecule has 0 spiro atoms. The standard InChI is InChI=1S/C15H28N2/c1-2-17-9-7-12(8-10-17)11-16-15(13-3-4-13)14-5-6-14/h12-16H,2-11H2,1H3. The number of nitrogens with zero attached hydrogens (tertiary/aromatic N) is 1. The molecule has 1 heterocycles. The fourth-order valence-electron chi connectivity index (χ4n) is 3.44. The van der Waals surface area contributed by atoms with Gasteiger partial charge in [-0.1, -0.05) is 6.92 Å². The van der Waals surface area contributed by atoms with Gasteiger partial charge in [0.25, 0.3) is 0 Å². The van der Waals surface area contributed by atoms with E-state index in [-0.39, 0.29) is 0 Å². The second kappa shape index (κ2) is 5.27. The highest BCUT2D eigenvalue weighted by Crippen LogP contribution is 2.44. The molecule has 0 aromatic carbocycles. The van der Waals surface area contributed by atoms with Crippen LogP contribution in [0.15, 0.2) is 0 Å². The maximum Gasteiger partial charge on any atom is 0.0124 e. The summed E-state index contributed by atoms with van der Waals surface area (Å²) in [6, 6.07) is 0.902. The number of nitrogens with one attached hydrogen (secondary N) is 1. The second-order valence-corrected chi connectivity index (χ2v) is 6.49. The van der Waals surface area contributed by atoms with Crippen LogP contribution in [-0.4, -0.2) is 37.1 Å². The van der Waals surface area contributed by atoms with Gasteiger partial charge in [0.2, 0.25) is 0 Å². The van der Waals surface area contributed by atoms with Gasteiger partial charge in [-0.25, -0.2) is 0 Å². The smallest absolute Gasteiger partial charge is 0.0124 e. The minimum atomic E-state index is 0.902. The van der Waals surface area contributed by atoms with Gasteiger partial charge in [-0.2, -0.15) is 0 Å². The van der Waals surface area contributed by atoms with Crippen molar-refractivity contribution < 1.29 is 0 Å². The fourth-order valence-corrected chi connectivity index (χ4v) is 3.44. The molecule has 17 heavy (non-hydrogen) atoms. The van der Waals surface area contributed by atoms with E-state index in [2.05, 4.69) is 17.1 Å². The molecule has 1 aliphatic heterocycles. The van der Waals surface area contributed by atoms with E-state index in [0.717, 1.165) is 23.8 Å². The quantitative estimate of drug-likeness (QED) is 0.762. The molecule has 1 N–H and O–H groups in total. The van der Waals surface area contributed by atoms with E-state index in [4.69, 9.17) is 0 Å². The van der Waals surface area contributed by atoms with Crippen molar-refractivity contribution in [2.24, 2.45) is 17.8 Å². The largest absolute Gasteiger partial charge is 0.313 e. The fraction of sp³-hybridized carbons (Fsp3) is 1.00. The van der Waals surface area contributed by atoms with Crippen LogP contribution in [-0.2, 0) is 0 Å². The number of hydrogen-bond acceptors (Lipinski definition) is 2. The Bertz CT molecular complexity index is 225. The zero-order valence-electron chi connectivity index (χ0n) is 11.3. The summed E-state index contributed by atoms with van der Waals surface area (Å²) in [6.07, 6.45) is 8.85. The Labute approximate surface area is 106 Å². The van der Waals surface area contributed by atoms with Crippen LogP contribution in [0, 0.1) is 17.8 Å². The van der Waals surface area contributed by atoms with Gasteiger partial charge >= 0.3 is 0 Å². The van der Waals surface area contributed by atoms with Gasteiger partial charge in [-0.3, -0.25) is 0 Å². The third-order valence-corrected chi connectivity index (χ3v) is 5.06. The van der Waals surface area contributed by atoms with Crippen LogP contribution in [0.4, 0.5) is 0 Å². The molecule has 0 aromatic rings. The van der Waals surface area contributed by atoms with Gasteiger partial charge in [0.05, 0.1) is 0 Å². The van der Waals surface area contributed by atoms with Gasteiger partial charge in [0.1, 0.15) is 0 Å². The molecule has 1 saturated heterocycles. The molecule has 0 atom stereocenters. The van der Waals surface area contributed by atoms with Crippen LogP contribution in [0.5, 0.6) is 0 Å². The van der Waals surface area contributed by atoms with E-state index in [1.807, 2.05) is 0 Å². The summed E-state index contributed by atoms with van der Waals surface area (Å²) in [6.45, 7) is 7.50. The van der Waals surface area contributed by atoms with Crippen LogP contribution in [0.1, 0.15) is 45.4 Å². The van der Waals surface area contributed by atoms with Gasteiger partial charge in [-0.05, 0) is 82.5 Å². The monoisotopic (exact) mass is 236 g/mol. The average Bonchev–Trinajstić information content (AvgIpc) is 3.24. The van der Waals surface area contributed by atoms with E-state index < -0.39 is 0 Å². The van der Waals surface area contributed by atoms with Crippen LogP contribution >= 0.6 is 0 Å². The van der Waals surface area contributed by atoms with Crippen molar-refractivity contribution in [3.8, 4) is 0 Å². The molecule has 0 radical (unpaired) electrons. The summed E-state index contributed by atoms with van der Waals surface area (Å²) in [5, 5.41) is 3.93. The van der Waals surface area contributed by atoms with Gasteiger partial charge in [0, 0.05) is 6.04 Å². The number of rotatable bonds is 6. The second-order valence-electron chi connectivity index (χ2n) is 6.49. The Morgan fingerprint density at radius 3 is 2.06 bits per heavy atom. The molecule has 98 valence electrons. The summed E-state index contributed by atoms with van der Waals surface area (Å²) < 4.78 is 0. The molecule has 0 amide bonds. The Morgan fingerprint density at radius 1 is 1.00 bits per heavy atom. The summed E-state index contributed by atoms with van der Waals surface area (Å²) in [5.74, 6) is 3.06. The Kier molecular flexibility index (Phi) is 3.72. The lowest BCUT2D eigenvalue weighted by molar-refractivity contribution is 0.185. The van der Waals surface area contributed by atoms with Crippen molar-refractivity contribution >= 4 is 0 Å². The predicted molar refractivity (Wildman–Crippen MR) is 72.1 cm³/mol. The maximum absolute atomic E-state index is 3.93. The zero-order valence-corrected chi connectivity index (χ0v) is 11.3. The molecule has 3 aliphatic rings. The molecule has 2 aliphatic carbocycles. The molecular weight excluding hydrogens is 208 g/mol. The SMILES string of the molecule is CCN1CCC(CNC(C2CC2)C2CC2)CC1. The summed E-state index contributed by atoms with van der Waals surface area (Å²) >= 11 is 0. The van der Waals surface area contributed by atoms with Gasteiger partial charge in [0.15, 0.2) is 0 Å². The lowest BCUT2D eigenvalue weighted by atomic mass is 9.96. The van der Waals surface area contributed by atoms with Crippen molar-refractivity contribution in [3.05, 3.63) is 0 Å². The van der Waals surface area contributed by atoms with E-state index in [1.165, 1.54) is 64.7 Å². The minimum Gasteiger partial charge on any atom is -0.313 e. The number of hydrogen-bond donors (Lipinski definition) is 1. The molecule has 2 nitrogen and oxygen atoms in total. The van der Waals surface area contributed by atoms with Crippen molar-refractivity contribution in [2.75, 3.05) is 26.2 Å². The first-order valence-corrected chi connectivity index (χ1v) is 7.82. The molecule has 2 heteroatoms. The summed E-state index contributed by atoms with van der Waals surface area (Å²) in [4.78, 5) is 2.59. The minimum absolute atomic E-state index is 0.902. The molecule has 0 unspecified atom stereocenters. The number of piperidine rings is 1. The first-order valence-electron chi connectivity index (χ1n) is 7.82. The van der Waals surface area contributed by atoms with Crippen LogP contribution in [0.2, 0.25) is 0 Å². The van der Waals surface area contributed by atoms with Crippen molar-refractivity contribution in [3.63, 3.8) is 0 Å². The highest BCUT2D eigenvalue weighted by Gasteiger charge is 2.41. The van der Waals surface area contributed by atoms with Crippen LogP contribution < -0.4 is 5.32 Å². The van der Waals surface area contributed by atoms with Crippen molar-refractivity contribution in [1.29, 1.82) is 0 Å². The first-order chi connectivity index (χ1) is 8.36. The highest BCUT2D eigenvalue weighted by molar-refractivity contribution is 4.96. The van der Waals surface area contributed by atoms with E-state index in [0.29, 0.717) is 0 Å². The van der Waals surface area contributed by atoms with Crippen molar-refractivity contribution in [2.45, 2.75) is 51.5 Å². The molecule has 0 bridgehead atoms. The molecule has 3 fully saturated rings. The van der Waals surface area contributed by atoms with Gasteiger partial charge in [-0.15, -0.1) is 0 Å². The van der Waals surface area contributed by atoms with E-state index in [9.17, 15) is 0 Å². The molecule has 3 rings (SSSR count). The predicted octanol–water partition coefficient (Wildman–Crippen LogP) is 2.50. The summed E-state index contributed by atoms with van der Waals surface area (Å²) in [5.41, 5.74) is 0. The Morgan fingerprint density at radius 2 is 1.59 bits per heavy atom. The third-order valence-electron chi connectivity index (χ3n) is 5.06. The van der Waals surface area contributed by atoms with Crippen molar-refractivity contribution in [1.82, 2.24) is 10.2 Å². The normalized spacial score (nSPS) is 27.9. The van der Waals surface area contributed by atoms with E-state index >= 15 is 0 Å². The Hall–Kier alpha value is -0.0800. The van der Waals surface area contributed by atoms with Crippen LogP contribution in [0.25, 0.3) is 0 Å². The topological polar surface area (TPSA) is 15.3 Å². The number of likely N-dealkylation sites (tertiary alicyclic amines) is 1. The molecular formula is C15H28N2. The highest BCUT2D eigenvalue weighted by atomic mass is 15.1. The van der Waals surface area contributed by atoms with E-state index in [1.54, 1.807) is 0 Å². The van der Waals surface area contributed by atoms with Crippen LogP contribution in [0.3, 0.4) is 0 Å². The molecule has 0 aromatic heterocycles. The third kappa shape index (κ3) is 3.23. The molecule has 2 saturated carbocycles.